The normalized spacial score (nSPS) is 15.6. The van der Waals surface area contributed by atoms with Crippen molar-refractivity contribution < 1.29 is 0 Å². The number of nitrogens with zero attached hydrogens (tertiary/aromatic N) is 2. The molecular weight excluding hydrogens is 174 g/mol. The van der Waals surface area contributed by atoms with Gasteiger partial charge in [0.15, 0.2) is 0 Å². The average Bonchev–Trinajstić information content (AvgIpc) is 2.63. The second-order valence-corrected chi connectivity index (χ2v) is 3.65. The molecule has 74 valence electrons. The molecule has 0 aromatic carbocycles. The first kappa shape index (κ1) is 9.21. The minimum atomic E-state index is 0.860. The van der Waals surface area contributed by atoms with Crippen molar-refractivity contribution in [2.24, 2.45) is 0 Å². The Bertz CT molecular complexity index is 352. The highest BCUT2D eigenvalue weighted by atomic mass is 15.3. The molecule has 0 radical (unpaired) electrons. The molecule has 0 unspecified atom stereocenters. The van der Waals surface area contributed by atoms with Gasteiger partial charge in [0.2, 0.25) is 0 Å². The third kappa shape index (κ3) is 1.77. The lowest BCUT2D eigenvalue weighted by Gasteiger charge is -2.01. The highest BCUT2D eigenvalue weighted by Crippen LogP contribution is 2.13. The Hall–Kier alpha value is -1.35. The zero-order chi connectivity index (χ0) is 9.97. The summed E-state index contributed by atoms with van der Waals surface area (Å²) in [6.07, 6.45) is 5.95. The van der Waals surface area contributed by atoms with Gasteiger partial charge in [0.25, 0.3) is 0 Å². The summed E-state index contributed by atoms with van der Waals surface area (Å²) in [5, 5.41) is 7.76. The minimum absolute atomic E-state index is 0.860. The van der Waals surface area contributed by atoms with Crippen LogP contribution in [0, 0.1) is 0 Å². The molecule has 1 aliphatic rings. The van der Waals surface area contributed by atoms with E-state index >= 15 is 0 Å². The standard InChI is InChI=1S/C11H15N3/c1-3-4-9(2)7-14-8-10-5-12-6-11(10)13-14/h3-4,8,12H,1,5-7H2,2H3/b9-4+. The quantitative estimate of drug-likeness (QED) is 0.732. The van der Waals surface area contributed by atoms with E-state index in [2.05, 4.69) is 30.1 Å². The fourth-order valence-electron chi connectivity index (χ4n) is 1.71. The molecule has 1 aliphatic heterocycles. The maximum absolute atomic E-state index is 4.49. The first-order valence-electron chi connectivity index (χ1n) is 4.83. The van der Waals surface area contributed by atoms with Gasteiger partial charge in [-0.2, -0.15) is 5.10 Å². The van der Waals surface area contributed by atoms with Gasteiger partial charge in [-0.05, 0) is 6.92 Å². The van der Waals surface area contributed by atoms with E-state index in [9.17, 15) is 0 Å². The van der Waals surface area contributed by atoms with Crippen LogP contribution in [0.2, 0.25) is 0 Å². The van der Waals surface area contributed by atoms with E-state index in [0.717, 1.165) is 19.6 Å². The molecule has 1 aromatic rings. The lowest BCUT2D eigenvalue weighted by Crippen LogP contribution is -2.06. The maximum Gasteiger partial charge on any atom is 0.0807 e. The van der Waals surface area contributed by atoms with Crippen molar-refractivity contribution >= 4 is 0 Å². The predicted molar refractivity (Wildman–Crippen MR) is 56.7 cm³/mol. The molecule has 3 nitrogen and oxygen atoms in total. The molecular formula is C11H15N3. The zero-order valence-corrected chi connectivity index (χ0v) is 8.45. The lowest BCUT2D eigenvalue weighted by atomic mass is 10.3. The van der Waals surface area contributed by atoms with Crippen LogP contribution in [0.25, 0.3) is 0 Å². The monoisotopic (exact) mass is 189 g/mol. The van der Waals surface area contributed by atoms with E-state index in [4.69, 9.17) is 0 Å². The number of fused-ring (bicyclic) bond motifs is 1. The molecule has 14 heavy (non-hydrogen) atoms. The van der Waals surface area contributed by atoms with E-state index < -0.39 is 0 Å². The Kier molecular flexibility index (Phi) is 2.50. The van der Waals surface area contributed by atoms with E-state index in [1.54, 1.807) is 0 Å². The van der Waals surface area contributed by atoms with Crippen LogP contribution in [-0.4, -0.2) is 9.78 Å². The van der Waals surface area contributed by atoms with Crippen LogP contribution >= 0.6 is 0 Å². The predicted octanol–water partition coefficient (Wildman–Crippen LogP) is 1.62. The number of hydrogen-bond donors (Lipinski definition) is 1. The van der Waals surface area contributed by atoms with Gasteiger partial charge in [0, 0.05) is 24.8 Å². The average molecular weight is 189 g/mol. The van der Waals surface area contributed by atoms with Gasteiger partial charge in [-0.1, -0.05) is 24.3 Å². The van der Waals surface area contributed by atoms with Gasteiger partial charge in [-0.3, -0.25) is 4.68 Å². The van der Waals surface area contributed by atoms with Crippen LogP contribution in [0.1, 0.15) is 18.2 Å². The highest BCUT2D eigenvalue weighted by Gasteiger charge is 2.13. The van der Waals surface area contributed by atoms with Crippen molar-refractivity contribution in [1.82, 2.24) is 15.1 Å². The van der Waals surface area contributed by atoms with Crippen LogP contribution in [0.15, 0.2) is 30.5 Å². The molecule has 0 fully saturated rings. The molecule has 0 amide bonds. The molecule has 0 aliphatic carbocycles. The molecule has 0 bridgehead atoms. The summed E-state index contributed by atoms with van der Waals surface area (Å²) < 4.78 is 2.00. The number of aromatic nitrogens is 2. The minimum Gasteiger partial charge on any atom is -0.307 e. The van der Waals surface area contributed by atoms with E-state index in [0.29, 0.717) is 0 Å². The van der Waals surface area contributed by atoms with Gasteiger partial charge in [0.05, 0.1) is 12.2 Å². The summed E-state index contributed by atoms with van der Waals surface area (Å²) in [5.41, 5.74) is 3.79. The van der Waals surface area contributed by atoms with Crippen LogP contribution < -0.4 is 5.32 Å². The first-order valence-corrected chi connectivity index (χ1v) is 4.83. The molecule has 0 saturated heterocycles. The van der Waals surface area contributed by atoms with Crippen molar-refractivity contribution in [2.45, 2.75) is 26.6 Å². The van der Waals surface area contributed by atoms with E-state index in [1.165, 1.54) is 16.8 Å². The molecule has 3 heteroatoms. The largest absolute Gasteiger partial charge is 0.307 e. The summed E-state index contributed by atoms with van der Waals surface area (Å²) in [7, 11) is 0. The fraction of sp³-hybridized carbons (Fsp3) is 0.364. The van der Waals surface area contributed by atoms with Crippen LogP contribution in [0.4, 0.5) is 0 Å². The molecule has 2 heterocycles. The molecule has 1 N–H and O–H groups in total. The lowest BCUT2D eigenvalue weighted by molar-refractivity contribution is 0.639. The second-order valence-electron chi connectivity index (χ2n) is 3.65. The van der Waals surface area contributed by atoms with Crippen molar-refractivity contribution in [3.8, 4) is 0 Å². The highest BCUT2D eigenvalue weighted by molar-refractivity contribution is 5.21. The molecule has 0 atom stereocenters. The molecule has 1 aromatic heterocycles. The Morgan fingerprint density at radius 1 is 1.71 bits per heavy atom. The van der Waals surface area contributed by atoms with Crippen molar-refractivity contribution in [1.29, 1.82) is 0 Å². The SMILES string of the molecule is C=C/C=C(\C)Cn1cc2c(n1)CNC2. The van der Waals surface area contributed by atoms with Gasteiger partial charge < -0.3 is 5.32 Å². The summed E-state index contributed by atoms with van der Waals surface area (Å²) in [6.45, 7) is 8.49. The summed E-state index contributed by atoms with van der Waals surface area (Å²) in [5.74, 6) is 0. The van der Waals surface area contributed by atoms with Crippen molar-refractivity contribution in [3.05, 3.63) is 41.8 Å². The van der Waals surface area contributed by atoms with Crippen LogP contribution in [0.3, 0.4) is 0 Å². The smallest absolute Gasteiger partial charge is 0.0807 e. The summed E-state index contributed by atoms with van der Waals surface area (Å²) in [6, 6.07) is 0. The summed E-state index contributed by atoms with van der Waals surface area (Å²) in [4.78, 5) is 0. The van der Waals surface area contributed by atoms with Gasteiger partial charge in [-0.25, -0.2) is 0 Å². The third-order valence-electron chi connectivity index (χ3n) is 2.35. The zero-order valence-electron chi connectivity index (χ0n) is 8.45. The number of hydrogen-bond acceptors (Lipinski definition) is 2. The van der Waals surface area contributed by atoms with Gasteiger partial charge in [-0.15, -0.1) is 0 Å². The summed E-state index contributed by atoms with van der Waals surface area (Å²) >= 11 is 0. The Morgan fingerprint density at radius 2 is 2.57 bits per heavy atom. The molecule has 2 rings (SSSR count). The Balaban J connectivity index is 2.11. The number of allylic oxidation sites excluding steroid dienone is 3. The van der Waals surface area contributed by atoms with Gasteiger partial charge in [0.1, 0.15) is 0 Å². The second kappa shape index (κ2) is 3.80. The van der Waals surface area contributed by atoms with E-state index in [-0.39, 0.29) is 0 Å². The third-order valence-corrected chi connectivity index (χ3v) is 2.35. The van der Waals surface area contributed by atoms with Crippen molar-refractivity contribution in [3.63, 3.8) is 0 Å². The Morgan fingerprint density at radius 3 is 3.29 bits per heavy atom. The first-order chi connectivity index (χ1) is 6.79. The van der Waals surface area contributed by atoms with Gasteiger partial charge >= 0.3 is 0 Å². The number of rotatable bonds is 3. The van der Waals surface area contributed by atoms with E-state index in [1.807, 2.05) is 16.8 Å². The molecule has 0 saturated carbocycles. The topological polar surface area (TPSA) is 29.9 Å². The van der Waals surface area contributed by atoms with Crippen LogP contribution in [0.5, 0.6) is 0 Å². The number of nitrogens with one attached hydrogen (secondary N) is 1. The van der Waals surface area contributed by atoms with Crippen molar-refractivity contribution in [2.75, 3.05) is 0 Å². The maximum atomic E-state index is 4.49. The molecule has 0 spiro atoms. The Labute approximate surface area is 84.1 Å². The van der Waals surface area contributed by atoms with Crippen LogP contribution in [-0.2, 0) is 19.6 Å². The fourth-order valence-corrected chi connectivity index (χ4v) is 1.71.